The molecule has 0 aromatic heterocycles. The maximum atomic E-state index is 9.00. The van der Waals surface area contributed by atoms with Gasteiger partial charge in [-0.1, -0.05) is 26.2 Å². The van der Waals surface area contributed by atoms with Gasteiger partial charge in [-0.2, -0.15) is 12.8 Å². The second-order valence-corrected chi connectivity index (χ2v) is 3.24. The molecule has 0 radical (unpaired) electrons. The Labute approximate surface area is 93.3 Å². The van der Waals surface area contributed by atoms with Gasteiger partial charge in [-0.05, 0) is 5.92 Å². The summed E-state index contributed by atoms with van der Waals surface area (Å²) in [4.78, 5) is 9.00. The van der Waals surface area contributed by atoms with Crippen LogP contribution in [0, 0.1) is 12.3 Å². The molecular formula is C10H19LiO2. The minimum absolute atomic E-state index is 0. The van der Waals surface area contributed by atoms with E-state index >= 15 is 0 Å². The zero-order chi connectivity index (χ0) is 9.40. The van der Waals surface area contributed by atoms with Crippen molar-refractivity contribution >= 4 is 5.97 Å². The molecule has 0 bridgehead atoms. The van der Waals surface area contributed by atoms with Crippen LogP contribution in [0.5, 0.6) is 0 Å². The molecule has 1 rings (SSSR count). The van der Waals surface area contributed by atoms with Crippen molar-refractivity contribution in [3.63, 3.8) is 0 Å². The van der Waals surface area contributed by atoms with Crippen LogP contribution in [0.2, 0.25) is 0 Å². The molecular weight excluding hydrogens is 159 g/mol. The Balaban J connectivity index is 0. The normalized spacial score (nSPS) is 16.5. The second-order valence-electron chi connectivity index (χ2n) is 3.24. The molecule has 0 unspecified atom stereocenters. The molecule has 0 amide bonds. The summed E-state index contributed by atoms with van der Waals surface area (Å²) in [5, 5.41) is 7.42. The minimum Gasteiger partial charge on any atom is -0.481 e. The fourth-order valence-corrected chi connectivity index (χ4v) is 1.40. The van der Waals surface area contributed by atoms with Crippen LogP contribution < -0.4 is 18.9 Å². The van der Waals surface area contributed by atoms with Crippen molar-refractivity contribution in [3.05, 3.63) is 6.42 Å². The number of carboxylic acid groups (broad SMARTS) is 1. The summed E-state index contributed by atoms with van der Waals surface area (Å²) in [6.07, 6.45) is 9.48. The first-order chi connectivity index (χ1) is 5.66. The molecule has 0 aliphatic heterocycles. The first-order valence-corrected chi connectivity index (χ1v) is 4.68. The Morgan fingerprint density at radius 3 is 2.08 bits per heavy atom. The van der Waals surface area contributed by atoms with Gasteiger partial charge in [0, 0.05) is 6.92 Å². The average Bonchev–Trinajstić information content (AvgIpc) is 2.05. The van der Waals surface area contributed by atoms with Gasteiger partial charge in [-0.15, -0.1) is 0 Å². The number of aliphatic carboxylic acids is 1. The molecule has 3 heteroatoms. The summed E-state index contributed by atoms with van der Waals surface area (Å²) in [6, 6.07) is 0. The number of hydrogen-bond acceptors (Lipinski definition) is 1. The van der Waals surface area contributed by atoms with Crippen molar-refractivity contribution in [2.24, 2.45) is 5.92 Å². The van der Waals surface area contributed by atoms with Gasteiger partial charge in [-0.25, -0.2) is 0 Å². The zero-order valence-corrected chi connectivity index (χ0v) is 9.05. The molecule has 0 aromatic rings. The van der Waals surface area contributed by atoms with Crippen LogP contribution in [-0.4, -0.2) is 11.1 Å². The van der Waals surface area contributed by atoms with Crippen molar-refractivity contribution in [2.75, 3.05) is 0 Å². The Hall–Kier alpha value is 0.0674. The molecule has 0 saturated heterocycles. The van der Waals surface area contributed by atoms with Crippen LogP contribution in [0.1, 0.15) is 46.0 Å². The van der Waals surface area contributed by atoms with Gasteiger partial charge in [0.05, 0.1) is 0 Å². The van der Waals surface area contributed by atoms with Crippen LogP contribution in [0.25, 0.3) is 0 Å². The molecule has 1 fully saturated rings. The van der Waals surface area contributed by atoms with Gasteiger partial charge in [-0.3, -0.25) is 4.79 Å². The Kier molecular flexibility index (Phi) is 12.1. The maximum Gasteiger partial charge on any atom is 1.00 e. The molecule has 72 valence electrons. The van der Waals surface area contributed by atoms with Gasteiger partial charge >= 0.3 is 18.9 Å². The molecule has 0 atom stereocenters. The standard InChI is InChI=1S/C8H15.C2H4O2.Li/c1-2-8-6-4-3-5-7-8;1-2(3)4;/h3,8H,2,4-7H2,1H3;1H3,(H,3,4);/q-1;;+1. The monoisotopic (exact) mass is 178 g/mol. The van der Waals surface area contributed by atoms with Crippen molar-refractivity contribution < 1.29 is 28.8 Å². The number of carboxylic acids is 1. The summed E-state index contributed by atoms with van der Waals surface area (Å²) in [6.45, 7) is 3.38. The van der Waals surface area contributed by atoms with Crippen LogP contribution >= 0.6 is 0 Å². The maximum absolute atomic E-state index is 9.00. The first kappa shape index (κ1) is 15.5. The van der Waals surface area contributed by atoms with E-state index in [1.165, 1.54) is 32.1 Å². The van der Waals surface area contributed by atoms with Gasteiger partial charge in [0.25, 0.3) is 5.97 Å². The van der Waals surface area contributed by atoms with Crippen molar-refractivity contribution in [1.29, 1.82) is 0 Å². The van der Waals surface area contributed by atoms with Gasteiger partial charge in [0.15, 0.2) is 0 Å². The van der Waals surface area contributed by atoms with E-state index in [-0.39, 0.29) is 18.9 Å². The Bertz CT molecular complexity index is 116. The van der Waals surface area contributed by atoms with E-state index < -0.39 is 5.97 Å². The van der Waals surface area contributed by atoms with E-state index in [0.717, 1.165) is 12.8 Å². The average molecular weight is 178 g/mol. The molecule has 13 heavy (non-hydrogen) atoms. The molecule has 0 spiro atoms. The SMILES string of the molecule is CC(=O)O.CCC1CC[CH-]CC1.[Li+]. The number of carbonyl (C=O) groups is 1. The van der Waals surface area contributed by atoms with Gasteiger partial charge < -0.3 is 11.5 Å². The predicted molar refractivity (Wildman–Crippen MR) is 49.9 cm³/mol. The van der Waals surface area contributed by atoms with E-state index in [4.69, 9.17) is 9.90 Å². The van der Waals surface area contributed by atoms with Crippen molar-refractivity contribution in [2.45, 2.75) is 46.0 Å². The Morgan fingerprint density at radius 2 is 1.85 bits per heavy atom. The molecule has 2 nitrogen and oxygen atoms in total. The summed E-state index contributed by atoms with van der Waals surface area (Å²) in [5.74, 6) is 0.222. The Morgan fingerprint density at radius 1 is 1.46 bits per heavy atom. The molecule has 1 saturated carbocycles. The van der Waals surface area contributed by atoms with E-state index in [1.807, 2.05) is 0 Å². The minimum atomic E-state index is -0.833. The molecule has 1 N–H and O–H groups in total. The fourth-order valence-electron chi connectivity index (χ4n) is 1.40. The molecule has 0 aromatic carbocycles. The predicted octanol–water partition coefficient (Wildman–Crippen LogP) is -0.114. The van der Waals surface area contributed by atoms with Crippen LogP contribution in [0.3, 0.4) is 0 Å². The number of hydrogen-bond donors (Lipinski definition) is 1. The third-order valence-electron chi connectivity index (χ3n) is 2.14. The van der Waals surface area contributed by atoms with Crippen molar-refractivity contribution in [1.82, 2.24) is 0 Å². The first-order valence-electron chi connectivity index (χ1n) is 4.68. The second kappa shape index (κ2) is 10.2. The van der Waals surface area contributed by atoms with E-state index in [1.54, 1.807) is 0 Å². The van der Waals surface area contributed by atoms with Crippen molar-refractivity contribution in [3.8, 4) is 0 Å². The van der Waals surface area contributed by atoms with Gasteiger partial charge in [0.1, 0.15) is 0 Å². The van der Waals surface area contributed by atoms with E-state index in [9.17, 15) is 0 Å². The smallest absolute Gasteiger partial charge is 0.481 e. The third kappa shape index (κ3) is 12.1. The largest absolute Gasteiger partial charge is 1.00 e. The molecule has 1 aliphatic rings. The van der Waals surface area contributed by atoms with Crippen LogP contribution in [0.4, 0.5) is 0 Å². The van der Waals surface area contributed by atoms with Crippen LogP contribution in [0.15, 0.2) is 0 Å². The molecule has 0 heterocycles. The quantitative estimate of drug-likeness (QED) is 0.449. The van der Waals surface area contributed by atoms with Gasteiger partial charge in [0.2, 0.25) is 0 Å². The van der Waals surface area contributed by atoms with Crippen LogP contribution in [-0.2, 0) is 4.79 Å². The zero-order valence-electron chi connectivity index (χ0n) is 9.05. The number of rotatable bonds is 1. The van der Waals surface area contributed by atoms with E-state index in [2.05, 4.69) is 13.3 Å². The summed E-state index contributed by atoms with van der Waals surface area (Å²) < 4.78 is 0. The third-order valence-corrected chi connectivity index (χ3v) is 2.14. The topological polar surface area (TPSA) is 37.3 Å². The fraction of sp³-hybridized carbons (Fsp3) is 0.800. The molecule has 1 aliphatic carbocycles. The van der Waals surface area contributed by atoms with E-state index in [0.29, 0.717) is 0 Å². The summed E-state index contributed by atoms with van der Waals surface area (Å²) in [5.41, 5.74) is 0. The summed E-state index contributed by atoms with van der Waals surface area (Å²) >= 11 is 0. The summed E-state index contributed by atoms with van der Waals surface area (Å²) in [7, 11) is 0.